The van der Waals surface area contributed by atoms with E-state index in [0.29, 0.717) is 6.04 Å². The van der Waals surface area contributed by atoms with Crippen molar-refractivity contribution in [2.24, 2.45) is 0 Å². The number of carbonyl (C=O) groups is 1. The predicted octanol–water partition coefficient (Wildman–Crippen LogP) is 1.64. The maximum Gasteiger partial charge on any atom is 0.241 e. The van der Waals surface area contributed by atoms with Crippen LogP contribution in [0.4, 0.5) is 5.69 Å². The molecule has 0 saturated carbocycles. The van der Waals surface area contributed by atoms with Crippen LogP contribution in [0.1, 0.15) is 19.3 Å². The summed E-state index contributed by atoms with van der Waals surface area (Å²) in [5, 5.41) is 3.02. The average molecular weight is 288 g/mol. The highest BCUT2D eigenvalue weighted by Gasteiger charge is 2.43. The van der Waals surface area contributed by atoms with Crippen LogP contribution in [0.15, 0.2) is 24.3 Å². The molecule has 4 rings (SSSR count). The number of ether oxygens (including phenoxy) is 2. The molecule has 0 radical (unpaired) electrons. The molecule has 3 aliphatic heterocycles. The second-order valence-electron chi connectivity index (χ2n) is 6.02. The molecular weight excluding hydrogens is 268 g/mol. The molecule has 0 aliphatic carbocycles. The van der Waals surface area contributed by atoms with Gasteiger partial charge in [-0.3, -0.25) is 9.69 Å². The second-order valence-corrected chi connectivity index (χ2v) is 6.02. The highest BCUT2D eigenvalue weighted by atomic mass is 16.5. The largest absolute Gasteiger partial charge is 0.487 e. The van der Waals surface area contributed by atoms with Crippen LogP contribution in [-0.2, 0) is 9.53 Å². The van der Waals surface area contributed by atoms with Gasteiger partial charge in [0.1, 0.15) is 11.9 Å². The van der Waals surface area contributed by atoms with Gasteiger partial charge in [-0.25, -0.2) is 0 Å². The standard InChI is InChI=1S/C16H20N2O3/c19-16-14-9-12(10-18(14)11-5-7-20-8-6-11)21-15-4-2-1-3-13(15)17-16/h1-4,11-12,14H,5-10H2,(H,17,19). The van der Waals surface area contributed by atoms with E-state index in [1.54, 1.807) is 0 Å². The Morgan fingerprint density at radius 3 is 2.86 bits per heavy atom. The van der Waals surface area contributed by atoms with Gasteiger partial charge < -0.3 is 14.8 Å². The number of anilines is 1. The molecule has 2 unspecified atom stereocenters. The first-order chi connectivity index (χ1) is 10.3. The first kappa shape index (κ1) is 13.1. The molecule has 1 N–H and O–H groups in total. The van der Waals surface area contributed by atoms with E-state index < -0.39 is 0 Å². The minimum Gasteiger partial charge on any atom is -0.487 e. The number of nitrogens with one attached hydrogen (secondary N) is 1. The summed E-state index contributed by atoms with van der Waals surface area (Å²) in [5.74, 6) is 0.878. The van der Waals surface area contributed by atoms with Crippen molar-refractivity contribution in [3.63, 3.8) is 0 Å². The number of fused-ring (bicyclic) bond motifs is 3. The predicted molar refractivity (Wildman–Crippen MR) is 78.4 cm³/mol. The van der Waals surface area contributed by atoms with Crippen LogP contribution in [0.25, 0.3) is 0 Å². The maximum atomic E-state index is 12.6. The highest BCUT2D eigenvalue weighted by molar-refractivity contribution is 5.96. The molecule has 3 heterocycles. The average Bonchev–Trinajstić information content (AvgIpc) is 2.94. The van der Waals surface area contributed by atoms with Crippen LogP contribution >= 0.6 is 0 Å². The van der Waals surface area contributed by atoms with Crippen molar-refractivity contribution in [2.45, 2.75) is 37.5 Å². The topological polar surface area (TPSA) is 50.8 Å². The molecule has 21 heavy (non-hydrogen) atoms. The summed E-state index contributed by atoms with van der Waals surface area (Å²) >= 11 is 0. The zero-order valence-corrected chi connectivity index (χ0v) is 12.0. The van der Waals surface area contributed by atoms with E-state index in [9.17, 15) is 4.79 Å². The minimum absolute atomic E-state index is 0.0774. The molecule has 2 fully saturated rings. The Balaban J connectivity index is 1.60. The van der Waals surface area contributed by atoms with Crippen molar-refractivity contribution in [2.75, 3.05) is 25.1 Å². The van der Waals surface area contributed by atoms with Crippen LogP contribution in [0, 0.1) is 0 Å². The van der Waals surface area contributed by atoms with Crippen LogP contribution in [-0.4, -0.2) is 48.8 Å². The first-order valence-corrected chi connectivity index (χ1v) is 7.71. The van der Waals surface area contributed by atoms with Crippen molar-refractivity contribution >= 4 is 11.6 Å². The van der Waals surface area contributed by atoms with E-state index in [1.165, 1.54) is 0 Å². The minimum atomic E-state index is -0.0774. The van der Waals surface area contributed by atoms with Gasteiger partial charge in [-0.05, 0) is 25.0 Å². The third kappa shape index (κ3) is 2.40. The van der Waals surface area contributed by atoms with Gasteiger partial charge >= 0.3 is 0 Å². The molecule has 5 nitrogen and oxygen atoms in total. The number of hydrogen-bond acceptors (Lipinski definition) is 4. The van der Waals surface area contributed by atoms with Crippen molar-refractivity contribution in [1.82, 2.24) is 4.90 Å². The number of amides is 1. The quantitative estimate of drug-likeness (QED) is 0.853. The molecular formula is C16H20N2O3. The molecule has 2 bridgehead atoms. The summed E-state index contributed by atoms with van der Waals surface area (Å²) in [6, 6.07) is 8.04. The number of rotatable bonds is 1. The molecule has 112 valence electrons. The number of hydrogen-bond donors (Lipinski definition) is 1. The Labute approximate surface area is 124 Å². The lowest BCUT2D eigenvalue weighted by molar-refractivity contribution is -0.121. The maximum absolute atomic E-state index is 12.6. The second kappa shape index (κ2) is 5.31. The van der Waals surface area contributed by atoms with E-state index in [2.05, 4.69) is 10.2 Å². The molecule has 1 aromatic rings. The van der Waals surface area contributed by atoms with E-state index in [1.807, 2.05) is 24.3 Å². The Bertz CT molecular complexity index is 542. The third-order valence-corrected chi connectivity index (χ3v) is 4.70. The molecule has 1 aromatic carbocycles. The van der Waals surface area contributed by atoms with Crippen LogP contribution in [0.3, 0.4) is 0 Å². The molecule has 3 aliphatic rings. The monoisotopic (exact) mass is 288 g/mol. The summed E-state index contributed by atoms with van der Waals surface area (Å²) in [4.78, 5) is 14.9. The third-order valence-electron chi connectivity index (χ3n) is 4.70. The van der Waals surface area contributed by atoms with Crippen molar-refractivity contribution in [3.8, 4) is 5.75 Å². The lowest BCUT2D eigenvalue weighted by Gasteiger charge is -2.34. The number of nitrogens with zero attached hydrogens (tertiary/aromatic N) is 1. The van der Waals surface area contributed by atoms with Gasteiger partial charge in [-0.2, -0.15) is 0 Å². The van der Waals surface area contributed by atoms with Crippen molar-refractivity contribution in [1.29, 1.82) is 0 Å². The van der Waals surface area contributed by atoms with Crippen LogP contribution in [0.2, 0.25) is 0 Å². The van der Waals surface area contributed by atoms with Crippen LogP contribution in [0.5, 0.6) is 5.75 Å². The fraction of sp³-hybridized carbons (Fsp3) is 0.562. The molecule has 1 amide bonds. The molecule has 0 aromatic heterocycles. The molecule has 2 saturated heterocycles. The Kier molecular flexibility index (Phi) is 3.31. The van der Waals surface area contributed by atoms with E-state index in [0.717, 1.165) is 50.5 Å². The normalized spacial score (nSPS) is 30.0. The van der Waals surface area contributed by atoms with Gasteiger partial charge in [0.05, 0.1) is 11.7 Å². The van der Waals surface area contributed by atoms with Gasteiger partial charge in [0.15, 0.2) is 0 Å². The van der Waals surface area contributed by atoms with Gasteiger partial charge in [0, 0.05) is 32.2 Å². The van der Waals surface area contributed by atoms with E-state index in [4.69, 9.17) is 9.47 Å². The lowest BCUT2D eigenvalue weighted by Crippen LogP contribution is -2.47. The smallest absolute Gasteiger partial charge is 0.241 e. The van der Waals surface area contributed by atoms with Gasteiger partial charge in [-0.15, -0.1) is 0 Å². The molecule has 0 spiro atoms. The van der Waals surface area contributed by atoms with Crippen molar-refractivity contribution < 1.29 is 14.3 Å². The zero-order chi connectivity index (χ0) is 14.2. The summed E-state index contributed by atoms with van der Waals surface area (Å²) in [6.07, 6.45) is 2.88. The van der Waals surface area contributed by atoms with Gasteiger partial charge in [0.2, 0.25) is 5.91 Å². The fourth-order valence-electron chi connectivity index (χ4n) is 3.65. The number of likely N-dealkylation sites (tertiary alicyclic amines) is 1. The number of benzene rings is 1. The SMILES string of the molecule is O=C1Nc2ccccc2OC2CC1N(C1CCOCC1)C2. The van der Waals surface area contributed by atoms with Gasteiger partial charge in [0.25, 0.3) is 0 Å². The Morgan fingerprint density at radius 2 is 2.00 bits per heavy atom. The molecule has 2 atom stereocenters. The van der Waals surface area contributed by atoms with E-state index >= 15 is 0 Å². The number of carbonyl (C=O) groups excluding carboxylic acids is 1. The summed E-state index contributed by atoms with van der Waals surface area (Å²) in [7, 11) is 0. The first-order valence-electron chi connectivity index (χ1n) is 7.71. The highest BCUT2D eigenvalue weighted by Crippen LogP contribution is 2.34. The van der Waals surface area contributed by atoms with E-state index in [-0.39, 0.29) is 18.1 Å². The lowest BCUT2D eigenvalue weighted by atomic mass is 10.1. The zero-order valence-electron chi connectivity index (χ0n) is 12.0. The molecule has 5 heteroatoms. The fourth-order valence-corrected chi connectivity index (χ4v) is 3.65. The summed E-state index contributed by atoms with van der Waals surface area (Å²) in [5.41, 5.74) is 0.783. The van der Waals surface area contributed by atoms with Gasteiger partial charge in [-0.1, -0.05) is 12.1 Å². The Hall–Kier alpha value is -1.59. The summed E-state index contributed by atoms with van der Waals surface area (Å²) < 4.78 is 11.5. The van der Waals surface area contributed by atoms with Crippen LogP contribution < -0.4 is 10.1 Å². The van der Waals surface area contributed by atoms with Crippen molar-refractivity contribution in [3.05, 3.63) is 24.3 Å². The Morgan fingerprint density at radius 1 is 1.19 bits per heavy atom. The number of para-hydroxylation sites is 2. The summed E-state index contributed by atoms with van der Waals surface area (Å²) in [6.45, 7) is 2.42.